The molecule has 1 rings (SSSR count). The van der Waals surface area contributed by atoms with Crippen molar-refractivity contribution < 1.29 is 4.79 Å². The third-order valence-corrected chi connectivity index (χ3v) is 2.51. The molecular weight excluding hydrogens is 172 g/mol. The normalized spacial score (nSPS) is 19.9. The summed E-state index contributed by atoms with van der Waals surface area (Å²) in [6.07, 6.45) is 10.3. The van der Waals surface area contributed by atoms with Crippen molar-refractivity contribution in [2.75, 3.05) is 0 Å². The van der Waals surface area contributed by atoms with E-state index in [1.165, 1.54) is 0 Å². The van der Waals surface area contributed by atoms with E-state index in [0.29, 0.717) is 0 Å². The lowest BCUT2D eigenvalue weighted by molar-refractivity contribution is -0.117. The maximum absolute atomic E-state index is 11.6. The zero-order valence-electron chi connectivity index (χ0n) is 8.88. The molecule has 0 radical (unpaired) electrons. The molecule has 0 aromatic carbocycles. The van der Waals surface area contributed by atoms with E-state index in [4.69, 9.17) is 0 Å². The highest BCUT2D eigenvalue weighted by atomic mass is 16.1. The fourth-order valence-electron chi connectivity index (χ4n) is 1.55. The van der Waals surface area contributed by atoms with E-state index in [-0.39, 0.29) is 11.7 Å². The van der Waals surface area contributed by atoms with Gasteiger partial charge in [0, 0.05) is 12.3 Å². The van der Waals surface area contributed by atoms with Crippen molar-refractivity contribution in [3.8, 4) is 11.8 Å². The summed E-state index contributed by atoms with van der Waals surface area (Å²) in [5, 5.41) is 0. The molecule has 0 aliphatic heterocycles. The van der Waals surface area contributed by atoms with Crippen molar-refractivity contribution in [1.82, 2.24) is 0 Å². The van der Waals surface area contributed by atoms with Gasteiger partial charge in [-0.15, -0.1) is 0 Å². The van der Waals surface area contributed by atoms with Crippen LogP contribution in [0.25, 0.3) is 0 Å². The van der Waals surface area contributed by atoms with E-state index in [1.54, 1.807) is 0 Å². The third kappa shape index (κ3) is 3.79. The second kappa shape index (κ2) is 6.43. The van der Waals surface area contributed by atoms with Crippen LogP contribution >= 0.6 is 0 Å². The summed E-state index contributed by atoms with van der Waals surface area (Å²) in [4.78, 5) is 11.6. The molecular formula is C13H18O. The van der Waals surface area contributed by atoms with Crippen molar-refractivity contribution in [3.05, 3.63) is 12.2 Å². The van der Waals surface area contributed by atoms with Gasteiger partial charge in [0.1, 0.15) is 0 Å². The van der Waals surface area contributed by atoms with E-state index in [2.05, 4.69) is 30.9 Å². The van der Waals surface area contributed by atoms with Gasteiger partial charge in [0.25, 0.3) is 0 Å². The summed E-state index contributed by atoms with van der Waals surface area (Å²) in [6, 6.07) is 0. The third-order valence-electron chi connectivity index (χ3n) is 2.51. The van der Waals surface area contributed by atoms with E-state index in [9.17, 15) is 4.79 Å². The number of hydrogen-bond donors (Lipinski definition) is 0. The average Bonchev–Trinajstić information content (AvgIpc) is 2.25. The molecule has 14 heavy (non-hydrogen) atoms. The van der Waals surface area contributed by atoms with Crippen molar-refractivity contribution in [2.45, 2.75) is 45.4 Å². The van der Waals surface area contributed by atoms with Crippen LogP contribution in [0.2, 0.25) is 0 Å². The van der Waals surface area contributed by atoms with Gasteiger partial charge in [-0.2, -0.15) is 0 Å². The maximum Gasteiger partial charge on any atom is 0.208 e. The van der Waals surface area contributed by atoms with Crippen molar-refractivity contribution in [3.63, 3.8) is 0 Å². The number of carbonyl (C=O) groups excluding carboxylic acids is 1. The van der Waals surface area contributed by atoms with Crippen LogP contribution in [0.4, 0.5) is 0 Å². The second-order valence-electron chi connectivity index (χ2n) is 3.75. The first-order valence-electron chi connectivity index (χ1n) is 5.52. The quantitative estimate of drug-likeness (QED) is 0.289. The molecule has 0 N–H and O–H groups in total. The van der Waals surface area contributed by atoms with Crippen molar-refractivity contribution in [1.29, 1.82) is 0 Å². The number of unbranched alkanes of at least 4 members (excludes halogenated alkanes) is 2. The van der Waals surface area contributed by atoms with Gasteiger partial charge in [0.15, 0.2) is 0 Å². The summed E-state index contributed by atoms with van der Waals surface area (Å²) >= 11 is 0. The lowest BCUT2D eigenvalue weighted by Crippen LogP contribution is -2.13. The van der Waals surface area contributed by atoms with Gasteiger partial charge >= 0.3 is 0 Å². The Hall–Kier alpha value is -1.03. The molecule has 0 spiro atoms. The first-order valence-corrected chi connectivity index (χ1v) is 5.52. The number of ketones is 1. The number of rotatable bonds is 3. The molecule has 0 fully saturated rings. The Morgan fingerprint density at radius 3 is 3.00 bits per heavy atom. The predicted molar refractivity (Wildman–Crippen MR) is 58.8 cm³/mol. The monoisotopic (exact) mass is 190 g/mol. The molecule has 0 aromatic heterocycles. The standard InChI is InChI=1S/C13H18O/c1-2-3-4-8-11-13(14)12-9-6-5-7-10-12/h5-6,12H,2-4,7,9-10H2,1H3. The van der Waals surface area contributed by atoms with Gasteiger partial charge in [-0.3, -0.25) is 4.79 Å². The van der Waals surface area contributed by atoms with Gasteiger partial charge in [0.2, 0.25) is 5.78 Å². The summed E-state index contributed by atoms with van der Waals surface area (Å²) in [5.41, 5.74) is 0. The lowest BCUT2D eigenvalue weighted by atomic mass is 9.91. The minimum Gasteiger partial charge on any atom is -0.285 e. The molecule has 1 nitrogen and oxygen atoms in total. The predicted octanol–water partition coefficient (Wildman–Crippen LogP) is 3.11. The molecule has 1 aliphatic carbocycles. The number of Topliss-reactive ketones (excluding diaryl/α,β-unsaturated/α-hetero) is 1. The summed E-state index contributed by atoms with van der Waals surface area (Å²) in [6.45, 7) is 2.13. The van der Waals surface area contributed by atoms with E-state index in [0.717, 1.165) is 38.5 Å². The number of carbonyl (C=O) groups is 1. The van der Waals surface area contributed by atoms with Gasteiger partial charge in [0.05, 0.1) is 0 Å². The van der Waals surface area contributed by atoms with Crippen LogP contribution in [0.1, 0.15) is 45.4 Å². The topological polar surface area (TPSA) is 17.1 Å². The molecule has 0 saturated carbocycles. The van der Waals surface area contributed by atoms with Gasteiger partial charge in [-0.25, -0.2) is 0 Å². The summed E-state index contributed by atoms with van der Waals surface area (Å²) < 4.78 is 0. The Balaban J connectivity index is 2.32. The minimum atomic E-state index is 0.144. The molecule has 1 aliphatic rings. The van der Waals surface area contributed by atoms with Crippen LogP contribution in [-0.2, 0) is 4.79 Å². The fourth-order valence-corrected chi connectivity index (χ4v) is 1.55. The molecule has 1 heteroatoms. The summed E-state index contributed by atoms with van der Waals surface area (Å²) in [5.74, 6) is 6.04. The second-order valence-corrected chi connectivity index (χ2v) is 3.75. The fraction of sp³-hybridized carbons (Fsp3) is 0.615. The Morgan fingerprint density at radius 2 is 2.36 bits per heavy atom. The SMILES string of the molecule is CCCCC#CC(=O)C1CC=CCC1. The van der Waals surface area contributed by atoms with Crippen LogP contribution < -0.4 is 0 Å². The molecule has 0 heterocycles. The van der Waals surface area contributed by atoms with Crippen molar-refractivity contribution in [2.24, 2.45) is 5.92 Å². The Morgan fingerprint density at radius 1 is 1.50 bits per heavy atom. The molecule has 0 bridgehead atoms. The molecule has 1 atom stereocenters. The average molecular weight is 190 g/mol. The highest BCUT2D eigenvalue weighted by molar-refractivity contribution is 5.97. The zero-order chi connectivity index (χ0) is 10.2. The number of allylic oxidation sites excluding steroid dienone is 2. The minimum absolute atomic E-state index is 0.144. The van der Waals surface area contributed by atoms with Crippen LogP contribution in [-0.4, -0.2) is 5.78 Å². The van der Waals surface area contributed by atoms with Crippen LogP contribution in [0, 0.1) is 17.8 Å². The molecule has 76 valence electrons. The highest BCUT2D eigenvalue weighted by Crippen LogP contribution is 2.18. The van der Waals surface area contributed by atoms with E-state index in [1.807, 2.05) is 0 Å². The first-order chi connectivity index (χ1) is 6.84. The van der Waals surface area contributed by atoms with Gasteiger partial charge in [-0.1, -0.05) is 31.4 Å². The lowest BCUT2D eigenvalue weighted by Gasteiger charge is -2.12. The maximum atomic E-state index is 11.6. The number of hydrogen-bond acceptors (Lipinski definition) is 1. The van der Waals surface area contributed by atoms with Crippen LogP contribution in [0.3, 0.4) is 0 Å². The van der Waals surface area contributed by atoms with E-state index < -0.39 is 0 Å². The zero-order valence-corrected chi connectivity index (χ0v) is 8.88. The highest BCUT2D eigenvalue weighted by Gasteiger charge is 2.16. The van der Waals surface area contributed by atoms with Crippen molar-refractivity contribution >= 4 is 5.78 Å². The molecule has 0 saturated heterocycles. The molecule has 1 unspecified atom stereocenters. The Bertz CT molecular complexity index is 265. The van der Waals surface area contributed by atoms with Crippen LogP contribution in [0.15, 0.2) is 12.2 Å². The van der Waals surface area contributed by atoms with Crippen LogP contribution in [0.5, 0.6) is 0 Å². The van der Waals surface area contributed by atoms with Gasteiger partial charge < -0.3 is 0 Å². The summed E-state index contributed by atoms with van der Waals surface area (Å²) in [7, 11) is 0. The molecule has 0 amide bonds. The Kier molecular flexibility index (Phi) is 5.07. The Labute approximate surface area is 86.6 Å². The molecule has 0 aromatic rings. The first kappa shape index (κ1) is 11.0. The largest absolute Gasteiger partial charge is 0.285 e. The smallest absolute Gasteiger partial charge is 0.208 e. The van der Waals surface area contributed by atoms with E-state index >= 15 is 0 Å². The van der Waals surface area contributed by atoms with Gasteiger partial charge in [-0.05, 0) is 31.6 Å².